The first-order valence-corrected chi connectivity index (χ1v) is 8.62. The minimum atomic E-state index is -0.933. The van der Waals surface area contributed by atoms with Gasteiger partial charge in [-0.1, -0.05) is 12.1 Å². The third kappa shape index (κ3) is 5.20. The zero-order valence-corrected chi connectivity index (χ0v) is 14.6. The number of rotatable bonds is 8. The SMILES string of the molecule is O=C(O)C1CC(=O)N(Cc2ccc(OCCOc3ccc(F)cc3)cc2)C1. The van der Waals surface area contributed by atoms with Gasteiger partial charge in [0.2, 0.25) is 5.91 Å². The van der Waals surface area contributed by atoms with E-state index in [1.54, 1.807) is 29.2 Å². The van der Waals surface area contributed by atoms with Crippen LogP contribution in [-0.2, 0) is 16.1 Å². The molecule has 2 aromatic rings. The van der Waals surface area contributed by atoms with Gasteiger partial charge < -0.3 is 19.5 Å². The lowest BCUT2D eigenvalue weighted by atomic mass is 10.1. The first-order chi connectivity index (χ1) is 13.0. The molecule has 0 aromatic heterocycles. The Morgan fingerprint density at radius 1 is 1.04 bits per heavy atom. The molecule has 1 atom stereocenters. The van der Waals surface area contributed by atoms with Crippen molar-refractivity contribution in [2.45, 2.75) is 13.0 Å². The van der Waals surface area contributed by atoms with E-state index in [0.717, 1.165) is 5.56 Å². The summed E-state index contributed by atoms with van der Waals surface area (Å²) in [4.78, 5) is 24.4. The van der Waals surface area contributed by atoms with Crippen molar-refractivity contribution >= 4 is 11.9 Å². The summed E-state index contributed by atoms with van der Waals surface area (Å²) in [5, 5.41) is 9.02. The van der Waals surface area contributed by atoms with E-state index >= 15 is 0 Å². The van der Waals surface area contributed by atoms with Gasteiger partial charge in [0, 0.05) is 19.5 Å². The molecule has 1 aliphatic rings. The highest BCUT2D eigenvalue weighted by Crippen LogP contribution is 2.21. The van der Waals surface area contributed by atoms with Crippen LogP contribution in [0.3, 0.4) is 0 Å². The van der Waals surface area contributed by atoms with E-state index in [1.807, 2.05) is 12.1 Å². The highest BCUT2D eigenvalue weighted by molar-refractivity contribution is 5.86. The Morgan fingerprint density at radius 2 is 1.59 bits per heavy atom. The number of carbonyl (C=O) groups is 2. The fourth-order valence-electron chi connectivity index (χ4n) is 2.85. The van der Waals surface area contributed by atoms with Crippen LogP contribution in [0.25, 0.3) is 0 Å². The summed E-state index contributed by atoms with van der Waals surface area (Å²) in [6.45, 7) is 1.29. The fraction of sp³-hybridized carbons (Fsp3) is 0.300. The standard InChI is InChI=1S/C20H20FNO5/c21-16-3-7-18(8-4-16)27-10-9-26-17-5-1-14(2-6-17)12-22-13-15(20(24)25)11-19(22)23/h1-8,15H,9-13H2,(H,24,25). The number of halogens is 1. The number of carboxylic acids is 1. The van der Waals surface area contributed by atoms with Crippen LogP contribution in [0.15, 0.2) is 48.5 Å². The zero-order valence-electron chi connectivity index (χ0n) is 14.6. The third-order valence-electron chi connectivity index (χ3n) is 4.29. The number of ether oxygens (including phenoxy) is 2. The van der Waals surface area contributed by atoms with Gasteiger partial charge in [-0.05, 0) is 42.0 Å². The van der Waals surface area contributed by atoms with Crippen LogP contribution >= 0.6 is 0 Å². The molecule has 27 heavy (non-hydrogen) atoms. The lowest BCUT2D eigenvalue weighted by Gasteiger charge is -2.16. The lowest BCUT2D eigenvalue weighted by Crippen LogP contribution is -2.25. The van der Waals surface area contributed by atoms with Gasteiger partial charge >= 0.3 is 5.97 Å². The number of likely N-dealkylation sites (tertiary alicyclic amines) is 1. The van der Waals surface area contributed by atoms with Crippen molar-refractivity contribution in [1.82, 2.24) is 4.90 Å². The number of carbonyl (C=O) groups excluding carboxylic acids is 1. The van der Waals surface area contributed by atoms with Crippen LogP contribution in [0.1, 0.15) is 12.0 Å². The Kier molecular flexibility index (Phi) is 5.90. The van der Waals surface area contributed by atoms with Gasteiger partial charge in [-0.2, -0.15) is 0 Å². The van der Waals surface area contributed by atoms with E-state index in [-0.39, 0.29) is 24.7 Å². The fourth-order valence-corrected chi connectivity index (χ4v) is 2.85. The van der Waals surface area contributed by atoms with E-state index in [0.29, 0.717) is 31.3 Å². The Bertz CT molecular complexity index is 791. The van der Waals surface area contributed by atoms with Crippen LogP contribution in [0.4, 0.5) is 4.39 Å². The van der Waals surface area contributed by atoms with Gasteiger partial charge in [-0.3, -0.25) is 9.59 Å². The molecular formula is C20H20FNO5. The second-order valence-corrected chi connectivity index (χ2v) is 6.31. The molecule has 0 spiro atoms. The average Bonchev–Trinajstić information content (AvgIpc) is 3.02. The quantitative estimate of drug-likeness (QED) is 0.720. The van der Waals surface area contributed by atoms with E-state index in [9.17, 15) is 14.0 Å². The molecule has 142 valence electrons. The predicted molar refractivity (Wildman–Crippen MR) is 95.0 cm³/mol. The third-order valence-corrected chi connectivity index (χ3v) is 4.29. The highest BCUT2D eigenvalue weighted by Gasteiger charge is 2.33. The molecule has 1 aliphatic heterocycles. The van der Waals surface area contributed by atoms with Crippen LogP contribution in [0, 0.1) is 11.7 Å². The van der Waals surface area contributed by atoms with Crippen molar-refractivity contribution in [3.05, 3.63) is 59.9 Å². The van der Waals surface area contributed by atoms with Gasteiger partial charge in [0.25, 0.3) is 0 Å². The van der Waals surface area contributed by atoms with Crippen molar-refractivity contribution in [2.24, 2.45) is 5.92 Å². The van der Waals surface area contributed by atoms with E-state index in [2.05, 4.69) is 0 Å². The molecule has 6 nitrogen and oxygen atoms in total. The largest absolute Gasteiger partial charge is 0.490 e. The molecule has 3 rings (SSSR count). The van der Waals surface area contributed by atoms with Crippen molar-refractivity contribution in [2.75, 3.05) is 19.8 Å². The number of aliphatic carboxylic acids is 1. The van der Waals surface area contributed by atoms with Crippen LogP contribution in [-0.4, -0.2) is 41.6 Å². The number of carboxylic acid groups (broad SMARTS) is 1. The second kappa shape index (κ2) is 8.53. The second-order valence-electron chi connectivity index (χ2n) is 6.31. The van der Waals surface area contributed by atoms with Crippen LogP contribution in [0.2, 0.25) is 0 Å². The maximum Gasteiger partial charge on any atom is 0.308 e. The molecule has 7 heteroatoms. The molecule has 0 aliphatic carbocycles. The number of nitrogens with zero attached hydrogens (tertiary/aromatic N) is 1. The first-order valence-electron chi connectivity index (χ1n) is 8.62. The van der Waals surface area contributed by atoms with Crippen molar-refractivity contribution in [3.8, 4) is 11.5 Å². The normalized spacial score (nSPS) is 16.4. The number of benzene rings is 2. The van der Waals surface area contributed by atoms with Crippen molar-refractivity contribution in [1.29, 1.82) is 0 Å². The molecule has 1 N–H and O–H groups in total. The summed E-state index contributed by atoms with van der Waals surface area (Å²) in [6, 6.07) is 13.1. The Labute approximate surface area is 156 Å². The summed E-state index contributed by atoms with van der Waals surface area (Å²) < 4.78 is 23.8. The van der Waals surface area contributed by atoms with Crippen LogP contribution < -0.4 is 9.47 Å². The smallest absolute Gasteiger partial charge is 0.308 e. The van der Waals surface area contributed by atoms with Gasteiger partial charge in [-0.15, -0.1) is 0 Å². The monoisotopic (exact) mass is 373 g/mol. The number of amides is 1. The summed E-state index contributed by atoms with van der Waals surface area (Å²) in [5.74, 6) is -0.768. The van der Waals surface area contributed by atoms with E-state index < -0.39 is 11.9 Å². The zero-order chi connectivity index (χ0) is 19.2. The highest BCUT2D eigenvalue weighted by atomic mass is 19.1. The maximum absolute atomic E-state index is 12.8. The molecule has 0 bridgehead atoms. The molecule has 1 amide bonds. The van der Waals surface area contributed by atoms with E-state index in [4.69, 9.17) is 14.6 Å². The molecule has 1 saturated heterocycles. The molecule has 2 aromatic carbocycles. The summed E-state index contributed by atoms with van der Waals surface area (Å²) in [6.07, 6.45) is 0.0601. The molecule has 0 radical (unpaired) electrons. The van der Waals surface area contributed by atoms with Crippen LogP contribution in [0.5, 0.6) is 11.5 Å². The molecule has 1 unspecified atom stereocenters. The minimum absolute atomic E-state index is 0.0601. The minimum Gasteiger partial charge on any atom is -0.490 e. The summed E-state index contributed by atoms with van der Waals surface area (Å²) >= 11 is 0. The molecule has 1 heterocycles. The first kappa shape index (κ1) is 18.7. The number of hydrogen-bond donors (Lipinski definition) is 1. The van der Waals surface area contributed by atoms with Crippen molar-refractivity contribution in [3.63, 3.8) is 0 Å². The Morgan fingerprint density at radius 3 is 2.11 bits per heavy atom. The van der Waals surface area contributed by atoms with Crippen molar-refractivity contribution < 1.29 is 28.6 Å². The topological polar surface area (TPSA) is 76.1 Å². The predicted octanol–water partition coefficient (Wildman–Crippen LogP) is 2.72. The molecule has 1 fully saturated rings. The van der Waals surface area contributed by atoms with Gasteiger partial charge in [0.1, 0.15) is 30.5 Å². The van der Waals surface area contributed by atoms with E-state index in [1.165, 1.54) is 12.1 Å². The average molecular weight is 373 g/mol. The summed E-state index contributed by atoms with van der Waals surface area (Å²) in [7, 11) is 0. The lowest BCUT2D eigenvalue weighted by molar-refractivity contribution is -0.141. The Balaban J connectivity index is 1.43. The van der Waals surface area contributed by atoms with Gasteiger partial charge in [-0.25, -0.2) is 4.39 Å². The summed E-state index contributed by atoms with van der Waals surface area (Å²) in [5.41, 5.74) is 0.907. The molecule has 0 saturated carbocycles. The Hall–Kier alpha value is -3.09. The maximum atomic E-state index is 12.8. The van der Waals surface area contributed by atoms with Gasteiger partial charge in [0.05, 0.1) is 5.92 Å². The molecular weight excluding hydrogens is 353 g/mol. The van der Waals surface area contributed by atoms with Gasteiger partial charge in [0.15, 0.2) is 0 Å². The number of hydrogen-bond acceptors (Lipinski definition) is 4.